The lowest BCUT2D eigenvalue weighted by atomic mass is 10.0. The SMILES string of the molecule is CCNC(Cc1cccs1)c1ccc(OC(C)C)cc1. The standard InChI is InChI=1S/C17H23NOS/c1-4-18-17(12-16-6-5-11-20-16)14-7-9-15(10-8-14)19-13(2)3/h5-11,13,17-18H,4,12H2,1-3H3. The molecule has 0 aliphatic heterocycles. The van der Waals surface area contributed by atoms with Crippen LogP contribution in [0.5, 0.6) is 5.75 Å². The van der Waals surface area contributed by atoms with Crippen molar-refractivity contribution < 1.29 is 4.74 Å². The summed E-state index contributed by atoms with van der Waals surface area (Å²) in [5, 5.41) is 5.70. The number of hydrogen-bond acceptors (Lipinski definition) is 3. The first-order chi connectivity index (χ1) is 9.69. The van der Waals surface area contributed by atoms with E-state index < -0.39 is 0 Å². The molecule has 0 radical (unpaired) electrons. The molecular formula is C17H23NOS. The van der Waals surface area contributed by atoms with Gasteiger partial charge in [-0.1, -0.05) is 25.1 Å². The van der Waals surface area contributed by atoms with Gasteiger partial charge in [-0.05, 0) is 49.5 Å². The van der Waals surface area contributed by atoms with Crippen LogP contribution in [0.15, 0.2) is 41.8 Å². The topological polar surface area (TPSA) is 21.3 Å². The number of nitrogens with one attached hydrogen (secondary N) is 1. The van der Waals surface area contributed by atoms with Gasteiger partial charge in [0.25, 0.3) is 0 Å². The first-order valence-electron chi connectivity index (χ1n) is 7.21. The Hall–Kier alpha value is -1.32. The molecule has 0 spiro atoms. The molecule has 3 heteroatoms. The second-order valence-electron chi connectivity index (χ2n) is 5.13. The largest absolute Gasteiger partial charge is 0.491 e. The highest BCUT2D eigenvalue weighted by molar-refractivity contribution is 7.09. The van der Waals surface area contributed by atoms with E-state index in [9.17, 15) is 0 Å². The highest BCUT2D eigenvalue weighted by Crippen LogP contribution is 2.23. The zero-order chi connectivity index (χ0) is 14.4. The van der Waals surface area contributed by atoms with Gasteiger partial charge in [-0.2, -0.15) is 0 Å². The average molecular weight is 289 g/mol. The van der Waals surface area contributed by atoms with E-state index in [1.807, 2.05) is 25.2 Å². The lowest BCUT2D eigenvalue weighted by molar-refractivity contribution is 0.242. The van der Waals surface area contributed by atoms with Crippen LogP contribution in [0.4, 0.5) is 0 Å². The summed E-state index contributed by atoms with van der Waals surface area (Å²) >= 11 is 1.82. The molecule has 108 valence electrons. The Morgan fingerprint density at radius 1 is 1.15 bits per heavy atom. The second-order valence-corrected chi connectivity index (χ2v) is 6.16. The van der Waals surface area contributed by atoms with Crippen molar-refractivity contribution in [2.45, 2.75) is 39.3 Å². The zero-order valence-corrected chi connectivity index (χ0v) is 13.2. The third-order valence-corrected chi connectivity index (χ3v) is 3.99. The lowest BCUT2D eigenvalue weighted by Crippen LogP contribution is -2.22. The Morgan fingerprint density at radius 2 is 1.90 bits per heavy atom. The number of rotatable bonds is 7. The number of likely N-dealkylation sites (N-methyl/N-ethyl adjacent to an activating group) is 1. The van der Waals surface area contributed by atoms with Gasteiger partial charge in [0.05, 0.1) is 6.10 Å². The van der Waals surface area contributed by atoms with Crippen LogP contribution < -0.4 is 10.1 Å². The minimum atomic E-state index is 0.219. The van der Waals surface area contributed by atoms with Gasteiger partial charge in [-0.25, -0.2) is 0 Å². The second kappa shape index (κ2) is 7.46. The molecule has 0 saturated heterocycles. The van der Waals surface area contributed by atoms with Gasteiger partial charge >= 0.3 is 0 Å². The molecule has 1 atom stereocenters. The summed E-state index contributed by atoms with van der Waals surface area (Å²) in [4.78, 5) is 1.42. The van der Waals surface area contributed by atoms with Crippen molar-refractivity contribution in [3.05, 3.63) is 52.2 Å². The Balaban J connectivity index is 2.08. The zero-order valence-electron chi connectivity index (χ0n) is 12.4. The number of thiophene rings is 1. The van der Waals surface area contributed by atoms with Crippen LogP contribution in [0.2, 0.25) is 0 Å². The molecule has 0 aliphatic rings. The molecule has 0 amide bonds. The van der Waals surface area contributed by atoms with E-state index in [-0.39, 0.29) is 6.10 Å². The molecule has 1 unspecified atom stereocenters. The maximum absolute atomic E-state index is 5.70. The predicted octanol–water partition coefficient (Wildman–Crippen LogP) is 4.43. The van der Waals surface area contributed by atoms with Gasteiger partial charge in [-0.3, -0.25) is 0 Å². The summed E-state index contributed by atoms with van der Waals surface area (Å²) in [6.07, 6.45) is 1.26. The minimum absolute atomic E-state index is 0.219. The van der Waals surface area contributed by atoms with Crippen molar-refractivity contribution in [3.63, 3.8) is 0 Å². The van der Waals surface area contributed by atoms with Crippen LogP contribution in [0.25, 0.3) is 0 Å². The van der Waals surface area contributed by atoms with E-state index in [0.29, 0.717) is 6.04 Å². The van der Waals surface area contributed by atoms with E-state index in [0.717, 1.165) is 18.7 Å². The van der Waals surface area contributed by atoms with Crippen molar-refractivity contribution in [2.75, 3.05) is 6.54 Å². The van der Waals surface area contributed by atoms with Gasteiger partial charge < -0.3 is 10.1 Å². The number of benzene rings is 1. The highest BCUT2D eigenvalue weighted by Gasteiger charge is 2.12. The summed E-state index contributed by atoms with van der Waals surface area (Å²) in [5.74, 6) is 0.940. The predicted molar refractivity (Wildman–Crippen MR) is 86.6 cm³/mol. The van der Waals surface area contributed by atoms with Crippen molar-refractivity contribution >= 4 is 11.3 Å². The van der Waals surface area contributed by atoms with Crippen LogP contribution in [0.1, 0.15) is 37.3 Å². The average Bonchev–Trinajstić information content (AvgIpc) is 2.91. The normalized spacial score (nSPS) is 12.6. The minimum Gasteiger partial charge on any atom is -0.491 e. The smallest absolute Gasteiger partial charge is 0.119 e. The molecule has 1 heterocycles. The van der Waals surface area contributed by atoms with Crippen molar-refractivity contribution in [1.29, 1.82) is 0 Å². The number of hydrogen-bond donors (Lipinski definition) is 1. The molecule has 20 heavy (non-hydrogen) atoms. The van der Waals surface area contributed by atoms with Crippen LogP contribution in [-0.4, -0.2) is 12.6 Å². The third kappa shape index (κ3) is 4.36. The summed E-state index contributed by atoms with van der Waals surface area (Å²) in [6, 6.07) is 13.1. The molecule has 1 aromatic carbocycles. The van der Waals surface area contributed by atoms with Gasteiger partial charge in [0.1, 0.15) is 5.75 Å². The first-order valence-corrected chi connectivity index (χ1v) is 8.09. The van der Waals surface area contributed by atoms with E-state index in [4.69, 9.17) is 4.74 Å². The molecule has 0 bridgehead atoms. The fraction of sp³-hybridized carbons (Fsp3) is 0.412. The summed E-state index contributed by atoms with van der Waals surface area (Å²) in [5.41, 5.74) is 1.32. The van der Waals surface area contributed by atoms with Crippen LogP contribution >= 0.6 is 11.3 Å². The number of ether oxygens (including phenoxy) is 1. The molecule has 0 aliphatic carbocycles. The maximum Gasteiger partial charge on any atom is 0.119 e. The summed E-state index contributed by atoms with van der Waals surface area (Å²) < 4.78 is 5.70. The Kier molecular flexibility index (Phi) is 5.62. The van der Waals surface area contributed by atoms with E-state index >= 15 is 0 Å². The Labute approximate surface area is 125 Å². The fourth-order valence-electron chi connectivity index (χ4n) is 2.24. The maximum atomic E-state index is 5.70. The van der Waals surface area contributed by atoms with Crippen molar-refractivity contribution in [1.82, 2.24) is 5.32 Å². The van der Waals surface area contributed by atoms with Crippen molar-refractivity contribution in [2.24, 2.45) is 0 Å². The first kappa shape index (κ1) is 15.1. The lowest BCUT2D eigenvalue weighted by Gasteiger charge is -2.18. The quantitative estimate of drug-likeness (QED) is 0.814. The third-order valence-electron chi connectivity index (χ3n) is 3.09. The monoisotopic (exact) mass is 289 g/mol. The molecule has 0 saturated carbocycles. The molecule has 2 nitrogen and oxygen atoms in total. The van der Waals surface area contributed by atoms with E-state index in [1.54, 1.807) is 0 Å². The van der Waals surface area contributed by atoms with Crippen LogP contribution in [-0.2, 0) is 6.42 Å². The van der Waals surface area contributed by atoms with Gasteiger partial charge in [0.2, 0.25) is 0 Å². The van der Waals surface area contributed by atoms with Crippen molar-refractivity contribution in [3.8, 4) is 5.75 Å². The molecule has 2 rings (SSSR count). The Morgan fingerprint density at radius 3 is 2.45 bits per heavy atom. The fourth-order valence-corrected chi connectivity index (χ4v) is 2.99. The summed E-state index contributed by atoms with van der Waals surface area (Å²) in [6.45, 7) is 7.22. The molecule has 0 fully saturated rings. The highest BCUT2D eigenvalue weighted by atomic mass is 32.1. The van der Waals surface area contributed by atoms with Crippen LogP contribution in [0.3, 0.4) is 0 Å². The van der Waals surface area contributed by atoms with Gasteiger partial charge in [0.15, 0.2) is 0 Å². The molecule has 1 aromatic heterocycles. The summed E-state index contributed by atoms with van der Waals surface area (Å²) in [7, 11) is 0. The van der Waals surface area contributed by atoms with Gasteiger partial charge in [0, 0.05) is 17.3 Å². The van der Waals surface area contributed by atoms with E-state index in [1.165, 1.54) is 10.4 Å². The molecular weight excluding hydrogens is 266 g/mol. The molecule has 2 aromatic rings. The molecule has 1 N–H and O–H groups in total. The van der Waals surface area contributed by atoms with Crippen LogP contribution in [0, 0.1) is 0 Å². The van der Waals surface area contributed by atoms with Gasteiger partial charge in [-0.15, -0.1) is 11.3 Å². The van der Waals surface area contributed by atoms with E-state index in [2.05, 4.69) is 54.0 Å². The Bertz CT molecular complexity index is 490.